The molecule has 0 fully saturated rings. The SMILES string of the molecule is CCc1cnc(N2CCc3ccccc3C2)c2c(C)c(C)[nH]c12. The molecule has 0 spiro atoms. The minimum Gasteiger partial charge on any atom is -0.358 e. The van der Waals surface area contributed by atoms with Gasteiger partial charge >= 0.3 is 0 Å². The predicted molar refractivity (Wildman–Crippen MR) is 96.1 cm³/mol. The molecule has 1 N–H and O–H groups in total. The van der Waals surface area contributed by atoms with E-state index in [4.69, 9.17) is 4.98 Å². The summed E-state index contributed by atoms with van der Waals surface area (Å²) in [4.78, 5) is 10.9. The molecule has 23 heavy (non-hydrogen) atoms. The highest BCUT2D eigenvalue weighted by Crippen LogP contribution is 2.34. The Balaban J connectivity index is 1.84. The van der Waals surface area contributed by atoms with Crippen molar-refractivity contribution in [3.63, 3.8) is 0 Å². The normalized spacial score (nSPS) is 14.3. The molecule has 3 aromatic rings. The fraction of sp³-hybridized carbons (Fsp3) is 0.350. The predicted octanol–water partition coefficient (Wildman–Crippen LogP) is 4.30. The van der Waals surface area contributed by atoms with E-state index in [9.17, 15) is 0 Å². The summed E-state index contributed by atoms with van der Waals surface area (Å²) in [7, 11) is 0. The molecule has 0 bridgehead atoms. The molecule has 2 aromatic heterocycles. The fourth-order valence-corrected chi connectivity index (χ4v) is 3.69. The maximum absolute atomic E-state index is 4.85. The summed E-state index contributed by atoms with van der Waals surface area (Å²) < 4.78 is 0. The number of nitrogens with one attached hydrogen (secondary N) is 1. The average molecular weight is 305 g/mol. The third-order valence-corrected chi connectivity index (χ3v) is 5.20. The highest BCUT2D eigenvalue weighted by atomic mass is 15.2. The number of aryl methyl sites for hydroxylation is 3. The molecule has 0 radical (unpaired) electrons. The van der Waals surface area contributed by atoms with Gasteiger partial charge in [-0.1, -0.05) is 31.2 Å². The zero-order valence-electron chi connectivity index (χ0n) is 14.1. The number of pyridine rings is 1. The summed E-state index contributed by atoms with van der Waals surface area (Å²) in [5, 5.41) is 1.31. The van der Waals surface area contributed by atoms with Gasteiger partial charge in [-0.05, 0) is 48.9 Å². The van der Waals surface area contributed by atoms with E-state index < -0.39 is 0 Å². The van der Waals surface area contributed by atoms with Crippen molar-refractivity contribution in [1.82, 2.24) is 9.97 Å². The molecule has 0 aliphatic carbocycles. The molecule has 3 heteroatoms. The summed E-state index contributed by atoms with van der Waals surface area (Å²) >= 11 is 0. The molecule has 0 atom stereocenters. The third-order valence-electron chi connectivity index (χ3n) is 5.20. The molecule has 0 unspecified atom stereocenters. The van der Waals surface area contributed by atoms with Gasteiger partial charge in [0, 0.05) is 30.4 Å². The fourth-order valence-electron chi connectivity index (χ4n) is 3.69. The number of rotatable bonds is 2. The number of benzene rings is 1. The van der Waals surface area contributed by atoms with Crippen molar-refractivity contribution in [3.05, 3.63) is 58.4 Å². The second kappa shape index (κ2) is 5.41. The van der Waals surface area contributed by atoms with Crippen LogP contribution in [-0.4, -0.2) is 16.5 Å². The Labute approximate surface area is 137 Å². The Morgan fingerprint density at radius 1 is 1.17 bits per heavy atom. The molecular formula is C20H23N3. The van der Waals surface area contributed by atoms with Gasteiger partial charge in [-0.3, -0.25) is 0 Å². The first kappa shape index (κ1) is 14.3. The van der Waals surface area contributed by atoms with Gasteiger partial charge < -0.3 is 9.88 Å². The number of hydrogen-bond acceptors (Lipinski definition) is 2. The van der Waals surface area contributed by atoms with Crippen LogP contribution in [0, 0.1) is 13.8 Å². The standard InChI is InChI=1S/C20H23N3/c1-4-15-11-21-20(18-13(2)14(3)22-19(15)18)23-10-9-16-7-5-6-8-17(16)12-23/h5-8,11,22H,4,9-10,12H2,1-3H3. The quantitative estimate of drug-likeness (QED) is 0.765. The van der Waals surface area contributed by atoms with E-state index >= 15 is 0 Å². The minimum absolute atomic E-state index is 0.952. The number of H-pyrrole nitrogens is 1. The lowest BCUT2D eigenvalue weighted by Crippen LogP contribution is -2.31. The van der Waals surface area contributed by atoms with Crippen molar-refractivity contribution in [2.24, 2.45) is 0 Å². The number of aromatic amines is 1. The third kappa shape index (κ3) is 2.23. The van der Waals surface area contributed by atoms with E-state index in [1.807, 2.05) is 6.20 Å². The van der Waals surface area contributed by atoms with Crippen LogP contribution in [0.2, 0.25) is 0 Å². The number of hydrogen-bond donors (Lipinski definition) is 1. The van der Waals surface area contributed by atoms with Crippen LogP contribution in [0.3, 0.4) is 0 Å². The molecular weight excluding hydrogens is 282 g/mol. The van der Waals surface area contributed by atoms with Crippen LogP contribution in [-0.2, 0) is 19.4 Å². The Morgan fingerprint density at radius 2 is 1.96 bits per heavy atom. The molecule has 0 saturated heterocycles. The van der Waals surface area contributed by atoms with Gasteiger partial charge in [0.1, 0.15) is 5.82 Å². The molecule has 0 amide bonds. The first-order valence-electron chi connectivity index (χ1n) is 8.47. The molecule has 0 saturated carbocycles. The first-order chi connectivity index (χ1) is 11.2. The van der Waals surface area contributed by atoms with Gasteiger partial charge in [0.05, 0.1) is 5.52 Å². The van der Waals surface area contributed by atoms with Gasteiger partial charge in [-0.2, -0.15) is 0 Å². The molecule has 3 heterocycles. The zero-order chi connectivity index (χ0) is 16.0. The van der Waals surface area contributed by atoms with Gasteiger partial charge in [0.2, 0.25) is 0 Å². The van der Waals surface area contributed by atoms with Crippen LogP contribution in [0.1, 0.15) is 34.9 Å². The first-order valence-corrected chi connectivity index (χ1v) is 8.47. The van der Waals surface area contributed by atoms with Crippen LogP contribution >= 0.6 is 0 Å². The monoisotopic (exact) mass is 305 g/mol. The number of nitrogens with zero attached hydrogens (tertiary/aromatic N) is 2. The lowest BCUT2D eigenvalue weighted by molar-refractivity contribution is 0.723. The maximum atomic E-state index is 4.85. The summed E-state index contributed by atoms with van der Waals surface area (Å²) in [6, 6.07) is 8.77. The molecule has 1 aromatic carbocycles. The number of fused-ring (bicyclic) bond motifs is 2. The average Bonchev–Trinajstić information content (AvgIpc) is 2.89. The Hall–Kier alpha value is -2.29. The van der Waals surface area contributed by atoms with Crippen LogP contribution in [0.4, 0.5) is 5.82 Å². The smallest absolute Gasteiger partial charge is 0.138 e. The Morgan fingerprint density at radius 3 is 2.74 bits per heavy atom. The summed E-state index contributed by atoms with van der Waals surface area (Å²) in [6.45, 7) is 8.54. The van der Waals surface area contributed by atoms with E-state index in [0.717, 1.165) is 31.7 Å². The van der Waals surface area contributed by atoms with E-state index in [-0.39, 0.29) is 0 Å². The van der Waals surface area contributed by atoms with Gasteiger partial charge in [0.25, 0.3) is 0 Å². The van der Waals surface area contributed by atoms with Crippen LogP contribution in [0.5, 0.6) is 0 Å². The number of aromatic nitrogens is 2. The largest absolute Gasteiger partial charge is 0.358 e. The topological polar surface area (TPSA) is 31.9 Å². The van der Waals surface area contributed by atoms with Crippen molar-refractivity contribution >= 4 is 16.7 Å². The van der Waals surface area contributed by atoms with Gasteiger partial charge in [-0.15, -0.1) is 0 Å². The van der Waals surface area contributed by atoms with E-state index in [1.165, 1.54) is 38.9 Å². The highest BCUT2D eigenvalue weighted by molar-refractivity contribution is 5.96. The maximum Gasteiger partial charge on any atom is 0.138 e. The van der Waals surface area contributed by atoms with E-state index in [1.54, 1.807) is 0 Å². The van der Waals surface area contributed by atoms with Crippen molar-refractivity contribution in [1.29, 1.82) is 0 Å². The van der Waals surface area contributed by atoms with Crippen molar-refractivity contribution in [2.45, 2.75) is 40.2 Å². The zero-order valence-corrected chi connectivity index (χ0v) is 14.1. The molecule has 4 rings (SSSR count). The van der Waals surface area contributed by atoms with Crippen LogP contribution in [0.25, 0.3) is 10.9 Å². The Bertz CT molecular complexity index is 876. The van der Waals surface area contributed by atoms with Crippen molar-refractivity contribution in [2.75, 3.05) is 11.4 Å². The second-order valence-electron chi connectivity index (χ2n) is 6.53. The van der Waals surface area contributed by atoms with Crippen LogP contribution < -0.4 is 4.90 Å². The van der Waals surface area contributed by atoms with Gasteiger partial charge in [0.15, 0.2) is 0 Å². The summed E-state index contributed by atoms with van der Waals surface area (Å²) in [6.07, 6.45) is 4.15. The second-order valence-corrected chi connectivity index (χ2v) is 6.53. The molecule has 3 nitrogen and oxygen atoms in total. The minimum atomic E-state index is 0.952. The molecule has 1 aliphatic heterocycles. The lowest BCUT2D eigenvalue weighted by Gasteiger charge is -2.30. The molecule has 118 valence electrons. The highest BCUT2D eigenvalue weighted by Gasteiger charge is 2.21. The summed E-state index contributed by atoms with van der Waals surface area (Å²) in [5.74, 6) is 1.13. The summed E-state index contributed by atoms with van der Waals surface area (Å²) in [5.41, 5.74) is 8.06. The van der Waals surface area contributed by atoms with Gasteiger partial charge in [-0.25, -0.2) is 4.98 Å². The number of anilines is 1. The van der Waals surface area contributed by atoms with E-state index in [0.29, 0.717) is 0 Å². The van der Waals surface area contributed by atoms with Crippen molar-refractivity contribution in [3.8, 4) is 0 Å². The Kier molecular flexibility index (Phi) is 3.37. The van der Waals surface area contributed by atoms with E-state index in [2.05, 4.69) is 54.9 Å². The van der Waals surface area contributed by atoms with Crippen molar-refractivity contribution < 1.29 is 0 Å². The van der Waals surface area contributed by atoms with Crippen LogP contribution in [0.15, 0.2) is 30.5 Å². The molecule has 1 aliphatic rings. The lowest BCUT2D eigenvalue weighted by atomic mass is 9.99.